The van der Waals surface area contributed by atoms with Crippen molar-refractivity contribution in [3.63, 3.8) is 0 Å². The van der Waals surface area contributed by atoms with E-state index in [0.29, 0.717) is 5.69 Å². The molecule has 168 valence electrons. The van der Waals surface area contributed by atoms with Crippen LogP contribution >= 0.6 is 0 Å². The van der Waals surface area contributed by atoms with E-state index >= 15 is 0 Å². The minimum atomic E-state index is -3.93. The fourth-order valence-corrected chi connectivity index (χ4v) is 4.21. The van der Waals surface area contributed by atoms with E-state index in [1.807, 2.05) is 12.1 Å². The highest BCUT2D eigenvalue weighted by Gasteiger charge is 2.19. The smallest absolute Gasteiger partial charge is 0.261 e. The lowest BCUT2D eigenvalue weighted by Gasteiger charge is -2.14. The van der Waals surface area contributed by atoms with Gasteiger partial charge in [-0.25, -0.2) is 12.8 Å². The van der Waals surface area contributed by atoms with Crippen LogP contribution in [0.2, 0.25) is 0 Å². The van der Waals surface area contributed by atoms with Crippen molar-refractivity contribution in [3.8, 4) is 5.75 Å². The maximum Gasteiger partial charge on any atom is 0.261 e. The van der Waals surface area contributed by atoms with Gasteiger partial charge in [0.1, 0.15) is 11.6 Å². The van der Waals surface area contributed by atoms with Crippen LogP contribution in [0.15, 0.2) is 71.6 Å². The Bertz CT molecular complexity index is 1190. The zero-order valence-corrected chi connectivity index (χ0v) is 18.7. The normalized spacial score (nSPS) is 11.1. The molecule has 0 bridgehead atoms. The second-order valence-corrected chi connectivity index (χ2v) is 8.88. The number of benzene rings is 3. The highest BCUT2D eigenvalue weighted by Crippen LogP contribution is 2.29. The Hall–Kier alpha value is -3.39. The first-order valence-electron chi connectivity index (χ1n) is 10.2. The van der Waals surface area contributed by atoms with Crippen LogP contribution in [0.5, 0.6) is 5.75 Å². The summed E-state index contributed by atoms with van der Waals surface area (Å²) in [5.74, 6) is -1.16. The molecule has 1 amide bonds. The summed E-state index contributed by atoms with van der Waals surface area (Å²) in [6.45, 7) is 2.12. The van der Waals surface area contributed by atoms with Gasteiger partial charge in [-0.15, -0.1) is 0 Å². The first-order valence-corrected chi connectivity index (χ1v) is 11.7. The zero-order chi connectivity index (χ0) is 23.1. The van der Waals surface area contributed by atoms with Crippen LogP contribution in [0, 0.1) is 5.82 Å². The molecule has 0 fully saturated rings. The van der Waals surface area contributed by atoms with E-state index in [9.17, 15) is 17.6 Å². The lowest BCUT2D eigenvalue weighted by atomic mass is 10.1. The van der Waals surface area contributed by atoms with E-state index in [0.717, 1.165) is 24.8 Å². The standard InChI is InChI=1S/C24H25FN2O4S/c1-3-4-7-17-10-12-18(13-11-17)27-32(29,30)19-14-15-23(31-2)22(16-19)26-24(28)20-8-5-6-9-21(20)25/h5-6,8-16,27H,3-4,7H2,1-2H3,(H,26,28). The van der Waals surface area contributed by atoms with Gasteiger partial charge in [0.15, 0.2) is 0 Å². The van der Waals surface area contributed by atoms with Crippen LogP contribution in [0.1, 0.15) is 35.7 Å². The molecule has 3 aromatic carbocycles. The van der Waals surface area contributed by atoms with E-state index in [-0.39, 0.29) is 21.9 Å². The van der Waals surface area contributed by atoms with Gasteiger partial charge in [-0.05, 0) is 60.9 Å². The highest BCUT2D eigenvalue weighted by atomic mass is 32.2. The third-order valence-corrected chi connectivity index (χ3v) is 6.25. The van der Waals surface area contributed by atoms with Crippen molar-refractivity contribution < 1.29 is 22.3 Å². The third kappa shape index (κ3) is 5.64. The molecule has 0 saturated carbocycles. The number of nitrogens with one attached hydrogen (secondary N) is 2. The summed E-state index contributed by atoms with van der Waals surface area (Å²) in [6.07, 6.45) is 3.09. The molecule has 3 aromatic rings. The molecule has 0 atom stereocenters. The Morgan fingerprint density at radius 3 is 2.41 bits per heavy atom. The molecule has 3 rings (SSSR count). The molecule has 0 heterocycles. The van der Waals surface area contributed by atoms with E-state index in [4.69, 9.17) is 4.74 Å². The summed E-state index contributed by atoms with van der Waals surface area (Å²) in [4.78, 5) is 12.4. The number of hydrogen-bond donors (Lipinski definition) is 2. The molecule has 0 saturated heterocycles. The fourth-order valence-electron chi connectivity index (χ4n) is 3.12. The van der Waals surface area contributed by atoms with Crippen molar-refractivity contribution in [1.29, 1.82) is 0 Å². The van der Waals surface area contributed by atoms with Crippen molar-refractivity contribution >= 4 is 27.3 Å². The molecular formula is C24H25FN2O4S. The third-order valence-electron chi connectivity index (χ3n) is 4.87. The van der Waals surface area contributed by atoms with Crippen LogP contribution in [-0.2, 0) is 16.4 Å². The van der Waals surface area contributed by atoms with Crippen LogP contribution in [-0.4, -0.2) is 21.4 Å². The predicted octanol–water partition coefficient (Wildman–Crippen LogP) is 5.23. The summed E-state index contributed by atoms with van der Waals surface area (Å²) >= 11 is 0. The maximum absolute atomic E-state index is 13.9. The maximum atomic E-state index is 13.9. The van der Waals surface area contributed by atoms with Crippen molar-refractivity contribution in [2.24, 2.45) is 0 Å². The summed E-state index contributed by atoms with van der Waals surface area (Å²) < 4.78 is 47.5. The number of carbonyl (C=O) groups is 1. The number of carbonyl (C=O) groups excluding carboxylic acids is 1. The molecule has 32 heavy (non-hydrogen) atoms. The van der Waals surface area contributed by atoms with Crippen molar-refractivity contribution in [2.75, 3.05) is 17.1 Å². The molecule has 2 N–H and O–H groups in total. The molecule has 0 unspecified atom stereocenters. The SMILES string of the molecule is CCCCc1ccc(NS(=O)(=O)c2ccc(OC)c(NC(=O)c3ccccc3F)c2)cc1. The number of sulfonamides is 1. The molecular weight excluding hydrogens is 431 g/mol. The Labute approximate surface area is 187 Å². The molecule has 0 aliphatic rings. The number of halogens is 1. The highest BCUT2D eigenvalue weighted by molar-refractivity contribution is 7.92. The summed E-state index contributed by atoms with van der Waals surface area (Å²) in [5, 5.41) is 2.53. The average Bonchev–Trinajstić information content (AvgIpc) is 2.78. The Kier molecular flexibility index (Phi) is 7.48. The summed E-state index contributed by atoms with van der Waals surface area (Å²) in [7, 11) is -2.54. The number of ether oxygens (including phenoxy) is 1. The van der Waals surface area contributed by atoms with Crippen LogP contribution in [0.25, 0.3) is 0 Å². The number of aryl methyl sites for hydroxylation is 1. The van der Waals surface area contributed by atoms with Crippen molar-refractivity contribution in [1.82, 2.24) is 0 Å². The van der Waals surface area contributed by atoms with Gasteiger partial charge in [0.05, 0.1) is 23.3 Å². The second kappa shape index (κ2) is 10.3. The average molecular weight is 457 g/mol. The van der Waals surface area contributed by atoms with Gasteiger partial charge in [0.25, 0.3) is 15.9 Å². The van der Waals surface area contributed by atoms with Crippen LogP contribution in [0.3, 0.4) is 0 Å². The van der Waals surface area contributed by atoms with E-state index in [1.54, 1.807) is 12.1 Å². The second-order valence-electron chi connectivity index (χ2n) is 7.20. The predicted molar refractivity (Wildman–Crippen MR) is 123 cm³/mol. The lowest BCUT2D eigenvalue weighted by molar-refractivity contribution is 0.102. The molecule has 0 aliphatic heterocycles. The molecule has 8 heteroatoms. The van der Waals surface area contributed by atoms with Gasteiger partial charge in [0, 0.05) is 5.69 Å². The largest absolute Gasteiger partial charge is 0.495 e. The van der Waals surface area contributed by atoms with Gasteiger partial charge in [-0.3, -0.25) is 9.52 Å². The van der Waals surface area contributed by atoms with Gasteiger partial charge in [-0.2, -0.15) is 0 Å². The van der Waals surface area contributed by atoms with Crippen LogP contribution < -0.4 is 14.8 Å². The number of methoxy groups -OCH3 is 1. The minimum absolute atomic E-state index is 0.0720. The quantitative estimate of drug-likeness (QED) is 0.462. The molecule has 6 nitrogen and oxygen atoms in total. The number of unbranched alkanes of at least 4 members (excludes halogenated alkanes) is 1. The summed E-state index contributed by atoms with van der Waals surface area (Å²) in [5.41, 5.74) is 1.51. The van der Waals surface area contributed by atoms with E-state index in [1.165, 1.54) is 49.6 Å². The van der Waals surface area contributed by atoms with Gasteiger partial charge >= 0.3 is 0 Å². The number of rotatable bonds is 9. The van der Waals surface area contributed by atoms with E-state index < -0.39 is 21.7 Å². The van der Waals surface area contributed by atoms with Gasteiger partial charge in [0.2, 0.25) is 0 Å². The number of amides is 1. The van der Waals surface area contributed by atoms with Gasteiger partial charge in [-0.1, -0.05) is 37.6 Å². The molecule has 0 spiro atoms. The molecule has 0 aromatic heterocycles. The van der Waals surface area contributed by atoms with Crippen LogP contribution in [0.4, 0.5) is 15.8 Å². The first-order chi connectivity index (χ1) is 15.3. The van der Waals surface area contributed by atoms with Gasteiger partial charge < -0.3 is 10.1 Å². The number of hydrogen-bond acceptors (Lipinski definition) is 4. The number of anilines is 2. The monoisotopic (exact) mass is 456 g/mol. The minimum Gasteiger partial charge on any atom is -0.495 e. The molecule has 0 aliphatic carbocycles. The first kappa shape index (κ1) is 23.3. The zero-order valence-electron chi connectivity index (χ0n) is 17.9. The van der Waals surface area contributed by atoms with Crippen molar-refractivity contribution in [2.45, 2.75) is 31.1 Å². The van der Waals surface area contributed by atoms with Crippen molar-refractivity contribution in [3.05, 3.63) is 83.7 Å². The summed E-state index contributed by atoms with van der Waals surface area (Å²) in [6, 6.07) is 16.8. The molecule has 0 radical (unpaired) electrons. The Morgan fingerprint density at radius 2 is 1.75 bits per heavy atom. The fraction of sp³-hybridized carbons (Fsp3) is 0.208. The lowest BCUT2D eigenvalue weighted by Crippen LogP contribution is -2.16. The Morgan fingerprint density at radius 1 is 1.03 bits per heavy atom. The topological polar surface area (TPSA) is 84.5 Å². The van der Waals surface area contributed by atoms with E-state index in [2.05, 4.69) is 17.0 Å². The Balaban J connectivity index is 1.83.